The number of nitrogens with one attached hydrogen (secondary N) is 2. The number of aromatic nitrogens is 4. The molecule has 2 N–H and O–H groups in total. The van der Waals surface area contributed by atoms with Crippen LogP contribution in [0.4, 0.5) is 5.82 Å². The third-order valence-corrected chi connectivity index (χ3v) is 3.93. The molecule has 3 rings (SSSR count). The molecule has 2 heterocycles. The molecular weight excluding hydrogens is 344 g/mol. The molecular formula is C15H17BrN6. The molecule has 0 aliphatic heterocycles. The minimum Gasteiger partial charge on any atom is -0.315 e. The Labute approximate surface area is 137 Å². The van der Waals surface area contributed by atoms with Gasteiger partial charge in [-0.25, -0.2) is 20.4 Å². The summed E-state index contributed by atoms with van der Waals surface area (Å²) in [5.74, 6) is 0.702. The maximum atomic E-state index is 4.37. The number of anilines is 1. The smallest absolute Gasteiger partial charge is 0.171 e. The van der Waals surface area contributed by atoms with E-state index in [4.69, 9.17) is 0 Å². The van der Waals surface area contributed by atoms with Crippen molar-refractivity contribution < 1.29 is 0 Å². The van der Waals surface area contributed by atoms with E-state index in [1.165, 1.54) is 5.56 Å². The molecule has 0 radical (unpaired) electrons. The lowest BCUT2D eigenvalue weighted by Gasteiger charge is -2.08. The summed E-state index contributed by atoms with van der Waals surface area (Å²) in [4.78, 5) is 12.9. The lowest BCUT2D eigenvalue weighted by Crippen LogP contribution is -2.25. The van der Waals surface area contributed by atoms with Crippen molar-refractivity contribution in [3.8, 4) is 0 Å². The number of fused-ring (bicyclic) bond motifs is 1. The minimum absolute atomic E-state index is 0.702. The van der Waals surface area contributed by atoms with Crippen LogP contribution in [0.15, 0.2) is 41.4 Å². The third-order valence-electron chi connectivity index (χ3n) is 3.40. The molecule has 6 nitrogen and oxygen atoms in total. The second-order valence-electron chi connectivity index (χ2n) is 4.85. The van der Waals surface area contributed by atoms with Gasteiger partial charge in [0, 0.05) is 17.6 Å². The van der Waals surface area contributed by atoms with Gasteiger partial charge in [0.15, 0.2) is 17.0 Å². The lowest BCUT2D eigenvalue weighted by molar-refractivity contribution is 0.771. The Morgan fingerprint density at radius 2 is 1.95 bits per heavy atom. The van der Waals surface area contributed by atoms with Gasteiger partial charge in [-0.3, -0.25) is 0 Å². The molecule has 0 aliphatic carbocycles. The number of rotatable bonds is 6. The van der Waals surface area contributed by atoms with E-state index >= 15 is 0 Å². The van der Waals surface area contributed by atoms with E-state index in [1.807, 2.05) is 16.7 Å². The van der Waals surface area contributed by atoms with Gasteiger partial charge >= 0.3 is 0 Å². The van der Waals surface area contributed by atoms with E-state index in [0.29, 0.717) is 5.82 Å². The van der Waals surface area contributed by atoms with Crippen LogP contribution in [-0.2, 0) is 13.0 Å². The van der Waals surface area contributed by atoms with E-state index in [9.17, 15) is 0 Å². The summed E-state index contributed by atoms with van der Waals surface area (Å²) in [5.41, 5.74) is 9.20. The van der Waals surface area contributed by atoms with Gasteiger partial charge in [-0.15, -0.1) is 0 Å². The standard InChI is InChI=1S/C15H17BrN6/c1-2-22-10-19-13-14(17-9-18-15(13)22)21-20-8-7-11-3-5-12(16)6-4-11/h3-6,9-10,20H,2,7-8H2,1H3,(H,17,18,21). The largest absolute Gasteiger partial charge is 0.315 e. The zero-order chi connectivity index (χ0) is 15.4. The van der Waals surface area contributed by atoms with Crippen molar-refractivity contribution in [3.63, 3.8) is 0 Å². The SMILES string of the molecule is CCn1cnc2c(NNCCc3ccc(Br)cc3)ncnc21. The van der Waals surface area contributed by atoms with Crippen LogP contribution in [0, 0.1) is 0 Å². The summed E-state index contributed by atoms with van der Waals surface area (Å²) >= 11 is 3.44. The number of hydrazine groups is 1. The van der Waals surface area contributed by atoms with Crippen LogP contribution in [0.3, 0.4) is 0 Å². The number of aryl methyl sites for hydroxylation is 1. The summed E-state index contributed by atoms with van der Waals surface area (Å²) in [6.07, 6.45) is 4.26. The summed E-state index contributed by atoms with van der Waals surface area (Å²) < 4.78 is 3.08. The molecule has 0 aliphatic rings. The van der Waals surface area contributed by atoms with Crippen LogP contribution in [0.1, 0.15) is 12.5 Å². The van der Waals surface area contributed by atoms with Crippen molar-refractivity contribution in [2.75, 3.05) is 12.0 Å². The molecule has 114 valence electrons. The predicted octanol–water partition coefficient (Wildman–Crippen LogP) is 2.77. The van der Waals surface area contributed by atoms with Gasteiger partial charge in [-0.2, -0.15) is 0 Å². The second-order valence-corrected chi connectivity index (χ2v) is 5.77. The Morgan fingerprint density at radius 1 is 1.14 bits per heavy atom. The molecule has 0 atom stereocenters. The molecule has 0 unspecified atom stereocenters. The number of imidazole rings is 1. The van der Waals surface area contributed by atoms with Gasteiger partial charge in [-0.05, 0) is 31.0 Å². The van der Waals surface area contributed by atoms with Crippen LogP contribution in [-0.4, -0.2) is 26.1 Å². The Morgan fingerprint density at radius 3 is 2.73 bits per heavy atom. The van der Waals surface area contributed by atoms with E-state index in [1.54, 1.807) is 12.7 Å². The van der Waals surface area contributed by atoms with Crippen LogP contribution in [0.2, 0.25) is 0 Å². The van der Waals surface area contributed by atoms with Crippen LogP contribution in [0.25, 0.3) is 11.2 Å². The van der Waals surface area contributed by atoms with Crippen LogP contribution >= 0.6 is 15.9 Å². The molecule has 7 heteroatoms. The Bertz CT molecular complexity index is 752. The van der Waals surface area contributed by atoms with Crippen molar-refractivity contribution in [2.45, 2.75) is 19.9 Å². The minimum atomic E-state index is 0.702. The topological polar surface area (TPSA) is 67.7 Å². The lowest BCUT2D eigenvalue weighted by atomic mass is 10.2. The number of hydrogen-bond donors (Lipinski definition) is 2. The van der Waals surface area contributed by atoms with Crippen LogP contribution < -0.4 is 10.9 Å². The van der Waals surface area contributed by atoms with E-state index in [-0.39, 0.29) is 0 Å². The maximum absolute atomic E-state index is 4.37. The first-order valence-electron chi connectivity index (χ1n) is 7.17. The molecule has 0 saturated carbocycles. The molecule has 3 aromatic rings. The molecule has 22 heavy (non-hydrogen) atoms. The quantitative estimate of drug-likeness (QED) is 0.522. The van der Waals surface area contributed by atoms with Gasteiger partial charge < -0.3 is 9.99 Å². The van der Waals surface area contributed by atoms with E-state index in [2.05, 4.69) is 60.8 Å². The van der Waals surface area contributed by atoms with Gasteiger partial charge in [0.25, 0.3) is 0 Å². The molecule has 0 amide bonds. The number of nitrogens with zero attached hydrogens (tertiary/aromatic N) is 4. The average molecular weight is 361 g/mol. The predicted molar refractivity (Wildman–Crippen MR) is 90.5 cm³/mol. The maximum Gasteiger partial charge on any atom is 0.171 e. The molecule has 2 aromatic heterocycles. The highest BCUT2D eigenvalue weighted by molar-refractivity contribution is 9.10. The first-order valence-corrected chi connectivity index (χ1v) is 7.96. The van der Waals surface area contributed by atoms with Crippen LogP contribution in [0.5, 0.6) is 0 Å². The summed E-state index contributed by atoms with van der Waals surface area (Å²) in [7, 11) is 0. The fraction of sp³-hybridized carbons (Fsp3) is 0.267. The van der Waals surface area contributed by atoms with Gasteiger partial charge in [-0.1, -0.05) is 28.1 Å². The molecule has 0 spiro atoms. The Hall–Kier alpha value is -1.99. The fourth-order valence-electron chi connectivity index (χ4n) is 2.21. The van der Waals surface area contributed by atoms with Crippen molar-refractivity contribution in [3.05, 3.63) is 47.0 Å². The normalized spacial score (nSPS) is 11.0. The number of halogens is 1. The monoisotopic (exact) mass is 360 g/mol. The molecule has 0 saturated heterocycles. The summed E-state index contributed by atoms with van der Waals surface area (Å²) in [5, 5.41) is 0. The first-order chi connectivity index (χ1) is 10.8. The van der Waals surface area contributed by atoms with Crippen molar-refractivity contribution in [1.29, 1.82) is 0 Å². The highest BCUT2D eigenvalue weighted by Crippen LogP contribution is 2.16. The fourth-order valence-corrected chi connectivity index (χ4v) is 2.47. The summed E-state index contributed by atoms with van der Waals surface area (Å²) in [6, 6.07) is 8.32. The van der Waals surface area contributed by atoms with E-state index < -0.39 is 0 Å². The Kier molecular flexibility index (Phi) is 4.65. The van der Waals surface area contributed by atoms with Gasteiger partial charge in [0.05, 0.1) is 6.33 Å². The zero-order valence-electron chi connectivity index (χ0n) is 12.3. The van der Waals surface area contributed by atoms with Gasteiger partial charge in [0.2, 0.25) is 0 Å². The molecule has 0 bridgehead atoms. The van der Waals surface area contributed by atoms with Crippen molar-refractivity contribution in [1.82, 2.24) is 24.9 Å². The number of benzene rings is 1. The van der Waals surface area contributed by atoms with Crippen molar-refractivity contribution in [2.24, 2.45) is 0 Å². The molecule has 1 aromatic carbocycles. The highest BCUT2D eigenvalue weighted by Gasteiger charge is 2.08. The second kappa shape index (κ2) is 6.85. The van der Waals surface area contributed by atoms with Crippen molar-refractivity contribution >= 4 is 32.9 Å². The average Bonchev–Trinajstić information content (AvgIpc) is 2.97. The molecule has 0 fully saturated rings. The van der Waals surface area contributed by atoms with Gasteiger partial charge in [0.1, 0.15) is 6.33 Å². The zero-order valence-corrected chi connectivity index (χ0v) is 13.8. The first kappa shape index (κ1) is 14.9. The Balaban J connectivity index is 1.60. The number of hydrogen-bond acceptors (Lipinski definition) is 5. The highest BCUT2D eigenvalue weighted by atomic mass is 79.9. The van der Waals surface area contributed by atoms with E-state index in [0.717, 1.165) is 35.1 Å². The third kappa shape index (κ3) is 3.26. The summed E-state index contributed by atoms with van der Waals surface area (Å²) in [6.45, 7) is 3.69.